The molecule has 0 fully saturated rings. The Bertz CT molecular complexity index is 1090. The zero-order valence-electron chi connectivity index (χ0n) is 18.5. The molecule has 0 saturated heterocycles. The van der Waals surface area contributed by atoms with Gasteiger partial charge in [0.1, 0.15) is 11.4 Å². The number of hydrogen-bond donors (Lipinski definition) is 3. The minimum absolute atomic E-state index is 0.0558. The Morgan fingerprint density at radius 2 is 1.75 bits per heavy atom. The predicted molar refractivity (Wildman–Crippen MR) is 140 cm³/mol. The molecule has 6 nitrogen and oxygen atoms in total. The molecule has 0 aliphatic carbocycles. The highest BCUT2D eigenvalue weighted by molar-refractivity contribution is 14.1. The first-order valence-electron chi connectivity index (χ1n) is 10.7. The molecule has 0 spiro atoms. The lowest BCUT2D eigenvalue weighted by atomic mass is 9.66. The summed E-state index contributed by atoms with van der Waals surface area (Å²) in [6.45, 7) is 6.49. The van der Waals surface area contributed by atoms with Gasteiger partial charge in [-0.25, -0.2) is 4.79 Å². The molecular formula is C24H27BIN3O3. The first kappa shape index (κ1) is 22.6. The van der Waals surface area contributed by atoms with E-state index >= 15 is 0 Å². The molecule has 3 N–H and O–H groups in total. The van der Waals surface area contributed by atoms with E-state index in [0.717, 1.165) is 26.2 Å². The van der Waals surface area contributed by atoms with E-state index < -0.39 is 11.7 Å². The third-order valence-corrected chi connectivity index (χ3v) is 6.02. The summed E-state index contributed by atoms with van der Waals surface area (Å²) in [6, 6.07) is 18.7. The van der Waals surface area contributed by atoms with Crippen LogP contribution >= 0.6 is 22.6 Å². The minimum atomic E-state index is -0.495. The summed E-state index contributed by atoms with van der Waals surface area (Å²) in [4.78, 5) is 11.7. The van der Waals surface area contributed by atoms with Gasteiger partial charge < -0.3 is 25.2 Å². The Balaban J connectivity index is 1.37. The molecule has 4 rings (SSSR count). The topological polar surface area (TPSA) is 71.6 Å². The summed E-state index contributed by atoms with van der Waals surface area (Å²) >= 11 is 2.36. The van der Waals surface area contributed by atoms with Crippen molar-refractivity contribution in [3.8, 4) is 5.75 Å². The van der Waals surface area contributed by atoms with Crippen LogP contribution in [0.3, 0.4) is 0 Å². The third kappa shape index (κ3) is 5.41. The lowest BCUT2D eigenvalue weighted by molar-refractivity contribution is 0.0525. The van der Waals surface area contributed by atoms with Gasteiger partial charge in [-0.15, -0.1) is 0 Å². The second-order valence-corrected chi connectivity index (χ2v) is 9.91. The van der Waals surface area contributed by atoms with Crippen LogP contribution in [-0.2, 0) is 4.74 Å². The van der Waals surface area contributed by atoms with Gasteiger partial charge in [0, 0.05) is 26.9 Å². The molecule has 1 heterocycles. The van der Waals surface area contributed by atoms with Crippen molar-refractivity contribution < 1.29 is 14.3 Å². The Kier molecular flexibility index (Phi) is 6.69. The van der Waals surface area contributed by atoms with Gasteiger partial charge in [-0.2, -0.15) is 0 Å². The van der Waals surface area contributed by atoms with Crippen molar-refractivity contribution >= 4 is 63.3 Å². The van der Waals surface area contributed by atoms with E-state index in [2.05, 4.69) is 86.9 Å². The maximum atomic E-state index is 11.7. The van der Waals surface area contributed by atoms with Crippen LogP contribution in [0, 0.1) is 3.57 Å². The van der Waals surface area contributed by atoms with Crippen molar-refractivity contribution in [2.24, 2.45) is 0 Å². The van der Waals surface area contributed by atoms with Gasteiger partial charge >= 0.3 is 13.1 Å². The smallest absolute Gasteiger partial charge is 0.407 e. The average molecular weight is 543 g/mol. The lowest BCUT2D eigenvalue weighted by Crippen LogP contribution is -2.49. The quantitative estimate of drug-likeness (QED) is 0.233. The second-order valence-electron chi connectivity index (χ2n) is 8.74. The Labute approximate surface area is 202 Å². The lowest BCUT2D eigenvalue weighted by Gasteiger charge is -2.27. The van der Waals surface area contributed by atoms with E-state index in [0.29, 0.717) is 19.6 Å². The highest BCUT2D eigenvalue weighted by Crippen LogP contribution is 2.34. The summed E-state index contributed by atoms with van der Waals surface area (Å²) in [5, 5.41) is 12.4. The normalized spacial score (nSPS) is 12.7. The molecule has 0 radical (unpaired) electrons. The van der Waals surface area contributed by atoms with Crippen LogP contribution in [0.1, 0.15) is 27.2 Å². The zero-order valence-corrected chi connectivity index (χ0v) is 20.7. The monoisotopic (exact) mass is 543 g/mol. The molecule has 32 heavy (non-hydrogen) atoms. The van der Waals surface area contributed by atoms with Crippen molar-refractivity contribution in [2.75, 3.05) is 23.6 Å². The van der Waals surface area contributed by atoms with Gasteiger partial charge in [-0.05, 0) is 91.0 Å². The number of carbonyl (C=O) groups excluding carboxylic acids is 1. The van der Waals surface area contributed by atoms with Crippen LogP contribution < -0.4 is 26.0 Å². The van der Waals surface area contributed by atoms with Crippen LogP contribution in [-0.4, -0.2) is 31.8 Å². The molecule has 166 valence electrons. The summed E-state index contributed by atoms with van der Waals surface area (Å²) in [5.74, 6) is 0.804. The Hall–Kier alpha value is -2.62. The molecule has 1 aliphatic heterocycles. The first-order chi connectivity index (χ1) is 15.3. The highest BCUT2D eigenvalue weighted by Gasteiger charge is 2.27. The van der Waals surface area contributed by atoms with E-state index in [-0.39, 0.29) is 6.98 Å². The molecule has 0 unspecified atom stereocenters. The van der Waals surface area contributed by atoms with Gasteiger partial charge in [-0.3, -0.25) is 0 Å². The summed E-state index contributed by atoms with van der Waals surface area (Å²) < 4.78 is 12.3. The minimum Gasteiger partial charge on any atom is -0.494 e. The molecule has 0 saturated carbocycles. The molecule has 8 heteroatoms. The SMILES string of the molecule is CC(C)(C)OC(=O)NCCCOc1ccc(I)c(B2Nc3cccc4cccc(c34)N2)c1. The van der Waals surface area contributed by atoms with Gasteiger partial charge in [0.25, 0.3) is 0 Å². The van der Waals surface area contributed by atoms with Gasteiger partial charge in [0.15, 0.2) is 0 Å². The van der Waals surface area contributed by atoms with Crippen molar-refractivity contribution in [2.45, 2.75) is 32.8 Å². The maximum absolute atomic E-state index is 11.7. The number of halogens is 1. The van der Waals surface area contributed by atoms with E-state index in [9.17, 15) is 4.79 Å². The number of ether oxygens (including phenoxy) is 2. The average Bonchev–Trinajstić information content (AvgIpc) is 2.73. The Morgan fingerprint density at radius 3 is 2.41 bits per heavy atom. The third-order valence-electron chi connectivity index (χ3n) is 5.04. The van der Waals surface area contributed by atoms with E-state index in [1.165, 1.54) is 10.8 Å². The number of carbonyl (C=O) groups is 1. The van der Waals surface area contributed by atoms with Crippen LogP contribution in [0.2, 0.25) is 0 Å². The fourth-order valence-corrected chi connectivity index (χ4v) is 4.33. The fourth-order valence-electron chi connectivity index (χ4n) is 3.68. The Morgan fingerprint density at radius 1 is 1.06 bits per heavy atom. The first-order valence-corrected chi connectivity index (χ1v) is 11.8. The number of benzene rings is 3. The highest BCUT2D eigenvalue weighted by atomic mass is 127. The standard InChI is InChI=1S/C24H27BIN3O3/c1-24(2,3)32-23(30)27-13-6-14-31-17-11-12-19(26)18(15-17)25-28-20-9-4-7-16-8-5-10-21(29-25)22(16)20/h4-5,7-12,15,28-29H,6,13-14H2,1-3H3,(H,27,30). The fraction of sp³-hybridized carbons (Fsp3) is 0.292. The van der Waals surface area contributed by atoms with Crippen molar-refractivity contribution in [1.29, 1.82) is 0 Å². The molecule has 1 aliphatic rings. The molecule has 1 amide bonds. The van der Waals surface area contributed by atoms with E-state index in [1.54, 1.807) is 0 Å². The zero-order chi connectivity index (χ0) is 22.7. The molecule has 0 aromatic heterocycles. The van der Waals surface area contributed by atoms with Crippen LogP contribution in [0.25, 0.3) is 10.8 Å². The molecule has 3 aromatic carbocycles. The number of rotatable bonds is 6. The maximum Gasteiger partial charge on any atom is 0.407 e. The predicted octanol–water partition coefficient (Wildman–Crippen LogP) is 4.97. The summed E-state index contributed by atoms with van der Waals surface area (Å²) in [7, 11) is 0. The van der Waals surface area contributed by atoms with Crippen molar-refractivity contribution in [1.82, 2.24) is 5.32 Å². The molecule has 0 bridgehead atoms. The van der Waals surface area contributed by atoms with Gasteiger partial charge in [-0.1, -0.05) is 24.3 Å². The number of nitrogens with one attached hydrogen (secondary N) is 3. The number of hydrogen-bond acceptors (Lipinski definition) is 5. The molecule has 3 aromatic rings. The van der Waals surface area contributed by atoms with E-state index in [1.807, 2.05) is 26.8 Å². The van der Waals surface area contributed by atoms with E-state index in [4.69, 9.17) is 9.47 Å². The van der Waals surface area contributed by atoms with Gasteiger partial charge in [0.05, 0.1) is 6.61 Å². The van der Waals surface area contributed by atoms with Crippen LogP contribution in [0.5, 0.6) is 5.75 Å². The summed E-state index contributed by atoms with van der Waals surface area (Å²) in [6.07, 6.45) is 0.286. The summed E-state index contributed by atoms with van der Waals surface area (Å²) in [5.41, 5.74) is 2.88. The second kappa shape index (κ2) is 9.48. The number of anilines is 2. The van der Waals surface area contributed by atoms with Crippen molar-refractivity contribution in [3.05, 3.63) is 58.2 Å². The number of alkyl carbamates (subject to hydrolysis) is 1. The van der Waals surface area contributed by atoms with Crippen molar-refractivity contribution in [3.63, 3.8) is 0 Å². The van der Waals surface area contributed by atoms with Gasteiger partial charge in [0.2, 0.25) is 0 Å². The number of amides is 1. The molecular weight excluding hydrogens is 516 g/mol. The molecule has 0 atom stereocenters. The largest absolute Gasteiger partial charge is 0.494 e. The van der Waals surface area contributed by atoms with Crippen LogP contribution in [0.4, 0.5) is 16.2 Å². The van der Waals surface area contributed by atoms with Crippen LogP contribution in [0.15, 0.2) is 54.6 Å².